The number of para-hydroxylation sites is 1. The van der Waals surface area contributed by atoms with Gasteiger partial charge < -0.3 is 0 Å². The van der Waals surface area contributed by atoms with Gasteiger partial charge in [0.05, 0.1) is 17.1 Å². The van der Waals surface area contributed by atoms with Gasteiger partial charge in [0.15, 0.2) is 0 Å². The van der Waals surface area contributed by atoms with Crippen molar-refractivity contribution in [1.82, 2.24) is 15.0 Å². The van der Waals surface area contributed by atoms with Crippen LogP contribution in [0.25, 0.3) is 5.69 Å². The third-order valence-electron chi connectivity index (χ3n) is 2.29. The first-order valence-corrected chi connectivity index (χ1v) is 6.78. The Hall–Kier alpha value is -1.51. The molecule has 1 heterocycles. The second-order valence-corrected chi connectivity index (χ2v) is 4.52. The summed E-state index contributed by atoms with van der Waals surface area (Å²) in [7, 11) is -4.19. The van der Waals surface area contributed by atoms with Crippen molar-refractivity contribution in [2.24, 2.45) is 0 Å². The first kappa shape index (κ1) is 15.5. The molecule has 0 saturated carbocycles. The number of benzene rings is 1. The van der Waals surface area contributed by atoms with E-state index in [0.29, 0.717) is 0 Å². The van der Waals surface area contributed by atoms with Gasteiger partial charge in [-0.25, -0.2) is 4.68 Å². The zero-order chi connectivity index (χ0) is 14.5. The summed E-state index contributed by atoms with van der Waals surface area (Å²) in [5.41, 5.74) is 3.26. The molecule has 0 spiro atoms. The molecular weight excluding hydrogens is 274 g/mol. The summed E-state index contributed by atoms with van der Waals surface area (Å²) in [6.07, 6.45) is 0.952. The third kappa shape index (κ3) is 5.33. The average molecular weight is 290 g/mol. The van der Waals surface area contributed by atoms with Crippen LogP contribution in [0.3, 0.4) is 0 Å². The van der Waals surface area contributed by atoms with Crippen LogP contribution in [0.15, 0.2) is 30.3 Å². The van der Waals surface area contributed by atoms with Crippen LogP contribution >= 0.6 is 0 Å². The van der Waals surface area contributed by atoms with E-state index < -0.39 is 10.2 Å². The summed E-state index contributed by atoms with van der Waals surface area (Å²) in [6.45, 7) is 4.11. The summed E-state index contributed by atoms with van der Waals surface area (Å²) in [4.78, 5) is 0. The van der Waals surface area contributed by atoms with Crippen LogP contribution in [-0.2, 0) is 6.42 Å². The second-order valence-electron chi connectivity index (χ2n) is 3.66. The maximum absolute atomic E-state index is 8.83. The van der Waals surface area contributed by atoms with Gasteiger partial charge in [-0.2, -0.15) is 0 Å². The van der Waals surface area contributed by atoms with E-state index in [1.165, 1.54) is 5.69 Å². The molecule has 1 aromatic carbocycles. The maximum atomic E-state index is 8.83. The number of aromatic nitrogens is 3. The van der Waals surface area contributed by atoms with Crippen LogP contribution in [0.2, 0.25) is 0 Å². The van der Waals surface area contributed by atoms with E-state index >= 15 is 0 Å². The van der Waals surface area contributed by atoms with Gasteiger partial charge in [-0.3, -0.25) is 0 Å². The molecule has 0 unspecified atom stereocenters. The summed E-state index contributed by atoms with van der Waals surface area (Å²) in [5, 5.41) is 8.20. The summed E-state index contributed by atoms with van der Waals surface area (Å²) >= 11 is 0. The Morgan fingerprint density at radius 1 is 1.21 bits per heavy atom. The normalized spacial score (nSPS) is 11.7. The van der Waals surface area contributed by atoms with Crippen LogP contribution in [0.5, 0.6) is 0 Å². The molecule has 0 saturated heterocycles. The SMILES string of the molecule is CCc1c(C)nnn1-c1ccccc1.[O-][Cl+](O)(O)O. The monoisotopic (exact) mass is 289 g/mol. The number of rotatable bonds is 2. The van der Waals surface area contributed by atoms with E-state index in [1.54, 1.807) is 0 Å². The first-order valence-electron chi connectivity index (χ1n) is 5.45. The molecule has 0 radical (unpaired) electrons. The molecule has 19 heavy (non-hydrogen) atoms. The van der Waals surface area contributed by atoms with E-state index in [1.807, 2.05) is 41.9 Å². The van der Waals surface area contributed by atoms with Gasteiger partial charge in [0.25, 0.3) is 0 Å². The van der Waals surface area contributed by atoms with E-state index in [2.05, 4.69) is 17.2 Å². The molecule has 8 heteroatoms. The molecule has 7 nitrogen and oxygen atoms in total. The molecule has 0 aliphatic rings. The van der Waals surface area contributed by atoms with Crippen molar-refractivity contribution in [3.8, 4) is 5.69 Å². The Morgan fingerprint density at radius 2 is 1.74 bits per heavy atom. The Kier molecular flexibility index (Phi) is 5.40. The van der Waals surface area contributed by atoms with Crippen molar-refractivity contribution in [1.29, 1.82) is 0 Å². The number of halogens is 1. The predicted octanol–water partition coefficient (Wildman–Crippen LogP) is -0.722. The Morgan fingerprint density at radius 3 is 2.21 bits per heavy atom. The minimum absolute atomic E-state index is 0.952. The molecule has 0 aliphatic heterocycles. The second kappa shape index (κ2) is 6.60. The van der Waals surface area contributed by atoms with Crippen molar-refractivity contribution in [3.05, 3.63) is 41.7 Å². The van der Waals surface area contributed by atoms with Crippen LogP contribution < -0.4 is 4.66 Å². The summed E-state index contributed by atoms with van der Waals surface area (Å²) in [5.74, 6) is 0. The van der Waals surface area contributed by atoms with E-state index in [9.17, 15) is 0 Å². The molecule has 0 amide bonds. The van der Waals surface area contributed by atoms with Crippen molar-refractivity contribution in [2.45, 2.75) is 20.3 Å². The Bertz CT molecular complexity index is 504. The molecule has 0 fully saturated rings. The van der Waals surface area contributed by atoms with Gasteiger partial charge >= 0.3 is 28.9 Å². The van der Waals surface area contributed by atoms with Crippen molar-refractivity contribution >= 4 is 0 Å². The van der Waals surface area contributed by atoms with Crippen LogP contribution in [0, 0.1) is 17.2 Å². The number of hydrogen-bond acceptors (Lipinski definition) is 6. The molecule has 0 bridgehead atoms. The molecule has 0 aliphatic carbocycles. The van der Waals surface area contributed by atoms with Gasteiger partial charge in [-0.15, -0.1) is 5.10 Å². The van der Waals surface area contributed by atoms with E-state index in [0.717, 1.165) is 17.8 Å². The van der Waals surface area contributed by atoms with Gasteiger partial charge in [0, 0.05) is 0 Å². The minimum atomic E-state index is -4.19. The van der Waals surface area contributed by atoms with E-state index in [4.69, 9.17) is 18.6 Å². The molecule has 2 aromatic rings. The van der Waals surface area contributed by atoms with Crippen molar-refractivity contribution < 1.29 is 28.9 Å². The Balaban J connectivity index is 0.000000312. The van der Waals surface area contributed by atoms with Gasteiger partial charge in [0.1, 0.15) is 0 Å². The zero-order valence-electron chi connectivity index (χ0n) is 10.6. The zero-order valence-corrected chi connectivity index (χ0v) is 11.3. The number of nitrogens with zero attached hydrogens (tertiary/aromatic N) is 3. The molecule has 3 N–H and O–H groups in total. The molecule has 2 rings (SSSR count). The van der Waals surface area contributed by atoms with Gasteiger partial charge in [0.2, 0.25) is 0 Å². The Labute approximate surface area is 112 Å². The van der Waals surface area contributed by atoms with E-state index in [-0.39, 0.29) is 0 Å². The molecule has 0 atom stereocenters. The van der Waals surface area contributed by atoms with Crippen molar-refractivity contribution in [2.75, 3.05) is 0 Å². The standard InChI is InChI=1S/C11H13N3.ClH3O4/c1-3-11-9(2)12-13-14(11)10-7-5-4-6-8-10;2-1(3,4)5/h4-8H,3H2,1-2H3;2-4H. The van der Waals surface area contributed by atoms with Crippen LogP contribution in [-0.4, -0.2) is 29.0 Å². The fraction of sp³-hybridized carbons (Fsp3) is 0.273. The third-order valence-corrected chi connectivity index (χ3v) is 2.29. The molecule has 1 aromatic heterocycles. The summed E-state index contributed by atoms with van der Waals surface area (Å²) < 4.78 is 32.1. The van der Waals surface area contributed by atoms with Gasteiger partial charge in [-0.1, -0.05) is 30.3 Å². The average Bonchev–Trinajstić information content (AvgIpc) is 2.69. The summed E-state index contributed by atoms with van der Waals surface area (Å²) in [6, 6.07) is 10.1. The van der Waals surface area contributed by atoms with Crippen molar-refractivity contribution in [3.63, 3.8) is 0 Å². The number of hydrogen-bond donors (Lipinski definition) is 3. The van der Waals surface area contributed by atoms with Gasteiger partial charge in [-0.05, 0) is 25.5 Å². The fourth-order valence-corrected chi connectivity index (χ4v) is 1.56. The topological polar surface area (TPSA) is 114 Å². The fourth-order valence-electron chi connectivity index (χ4n) is 1.56. The first-order chi connectivity index (χ1) is 8.83. The predicted molar refractivity (Wildman–Crippen MR) is 62.1 cm³/mol. The van der Waals surface area contributed by atoms with Crippen LogP contribution in [0.1, 0.15) is 18.3 Å². The molecule has 106 valence electrons. The quantitative estimate of drug-likeness (QED) is 0.672. The number of aryl methyl sites for hydroxylation is 1. The van der Waals surface area contributed by atoms with Crippen LogP contribution in [0.4, 0.5) is 0 Å². The molecular formula is C11H16ClN3O4.